The van der Waals surface area contributed by atoms with Crippen LogP contribution in [-0.4, -0.2) is 5.54 Å². The predicted molar refractivity (Wildman–Crippen MR) is 77.0 cm³/mol. The lowest BCUT2D eigenvalue weighted by molar-refractivity contribution is 0.395. The van der Waals surface area contributed by atoms with Gasteiger partial charge in [-0.25, -0.2) is 0 Å². The van der Waals surface area contributed by atoms with Crippen LogP contribution in [0.5, 0.6) is 0 Å². The Bertz CT molecular complexity index is 573. The van der Waals surface area contributed by atoms with Gasteiger partial charge in [0, 0.05) is 10.9 Å². The summed E-state index contributed by atoms with van der Waals surface area (Å²) in [4.78, 5) is 0. The molecular weight excluding hydrogens is 222 g/mol. The molecule has 0 atom stereocenters. The maximum atomic E-state index is 5.99. The van der Waals surface area contributed by atoms with Crippen molar-refractivity contribution < 1.29 is 4.42 Å². The van der Waals surface area contributed by atoms with Crippen LogP contribution in [-0.2, 0) is 6.54 Å². The number of furan rings is 1. The van der Waals surface area contributed by atoms with Gasteiger partial charge in [0.05, 0.1) is 6.54 Å². The molecule has 98 valence electrons. The van der Waals surface area contributed by atoms with Crippen LogP contribution in [0.4, 0.5) is 0 Å². The number of rotatable bonds is 2. The largest absolute Gasteiger partial charge is 0.459 e. The average molecular weight is 245 g/mol. The van der Waals surface area contributed by atoms with Gasteiger partial charge in [-0.05, 0) is 64.3 Å². The predicted octanol–water partition coefficient (Wildman–Crippen LogP) is 4.25. The fourth-order valence-corrected chi connectivity index (χ4v) is 2.14. The smallest absolute Gasteiger partial charge is 0.137 e. The topological polar surface area (TPSA) is 25.2 Å². The average Bonchev–Trinajstić information content (AvgIpc) is 2.67. The second-order valence-corrected chi connectivity index (χ2v) is 6.19. The second kappa shape index (κ2) is 4.43. The van der Waals surface area contributed by atoms with Gasteiger partial charge in [0.1, 0.15) is 11.3 Å². The zero-order valence-electron chi connectivity index (χ0n) is 12.3. The molecule has 2 aromatic rings. The summed E-state index contributed by atoms with van der Waals surface area (Å²) < 4.78 is 5.99. The van der Waals surface area contributed by atoms with Crippen LogP contribution in [0.1, 0.15) is 43.2 Å². The fourth-order valence-electron chi connectivity index (χ4n) is 2.14. The van der Waals surface area contributed by atoms with Crippen LogP contribution in [0, 0.1) is 20.8 Å². The van der Waals surface area contributed by atoms with E-state index in [9.17, 15) is 0 Å². The summed E-state index contributed by atoms with van der Waals surface area (Å²) in [6.07, 6.45) is 0. The fraction of sp³-hybridized carbons (Fsp3) is 0.500. The molecular formula is C16H23NO. The summed E-state index contributed by atoms with van der Waals surface area (Å²) in [5.74, 6) is 1.01. The van der Waals surface area contributed by atoms with Crippen molar-refractivity contribution in [3.63, 3.8) is 0 Å². The highest BCUT2D eigenvalue weighted by molar-refractivity contribution is 5.85. The van der Waals surface area contributed by atoms with Crippen molar-refractivity contribution in [1.29, 1.82) is 0 Å². The van der Waals surface area contributed by atoms with Crippen molar-refractivity contribution >= 4 is 11.0 Å². The standard InChI is InChI=1S/C16H23NO/c1-10-7-11(2)14-8-13(9-17-16(4,5)6)18-15(14)12(10)3/h7-8,17H,9H2,1-6H3. The lowest BCUT2D eigenvalue weighted by atomic mass is 10.0. The van der Waals surface area contributed by atoms with Gasteiger partial charge in [0.2, 0.25) is 0 Å². The number of fused-ring (bicyclic) bond motifs is 1. The Hall–Kier alpha value is -1.28. The van der Waals surface area contributed by atoms with E-state index < -0.39 is 0 Å². The first-order valence-corrected chi connectivity index (χ1v) is 6.52. The zero-order valence-corrected chi connectivity index (χ0v) is 12.3. The van der Waals surface area contributed by atoms with E-state index in [4.69, 9.17) is 4.42 Å². The summed E-state index contributed by atoms with van der Waals surface area (Å²) in [7, 11) is 0. The number of benzene rings is 1. The minimum atomic E-state index is 0.110. The number of hydrogen-bond donors (Lipinski definition) is 1. The first-order chi connectivity index (χ1) is 8.28. The molecule has 1 aromatic heterocycles. The van der Waals surface area contributed by atoms with E-state index in [1.54, 1.807) is 0 Å². The van der Waals surface area contributed by atoms with Crippen molar-refractivity contribution in [3.05, 3.63) is 34.6 Å². The van der Waals surface area contributed by atoms with Crippen LogP contribution < -0.4 is 5.32 Å². The summed E-state index contributed by atoms with van der Waals surface area (Å²) in [6, 6.07) is 4.39. The van der Waals surface area contributed by atoms with E-state index in [2.05, 4.69) is 59.0 Å². The van der Waals surface area contributed by atoms with Gasteiger partial charge in [0.25, 0.3) is 0 Å². The van der Waals surface area contributed by atoms with Crippen LogP contribution >= 0.6 is 0 Å². The molecule has 0 bridgehead atoms. The lowest BCUT2D eigenvalue weighted by Crippen LogP contribution is -2.34. The van der Waals surface area contributed by atoms with Crippen LogP contribution in [0.3, 0.4) is 0 Å². The molecule has 0 unspecified atom stereocenters. The third kappa shape index (κ3) is 2.59. The molecule has 1 aromatic carbocycles. The maximum absolute atomic E-state index is 5.99. The SMILES string of the molecule is Cc1cc(C)c2cc(CNC(C)(C)C)oc2c1C. The number of aryl methyl sites for hydroxylation is 3. The molecule has 0 aliphatic heterocycles. The van der Waals surface area contributed by atoms with E-state index >= 15 is 0 Å². The molecule has 0 aliphatic rings. The van der Waals surface area contributed by atoms with Gasteiger partial charge < -0.3 is 9.73 Å². The molecule has 0 radical (unpaired) electrons. The summed E-state index contributed by atoms with van der Waals surface area (Å²) in [6.45, 7) is 13.7. The highest BCUT2D eigenvalue weighted by Gasteiger charge is 2.13. The molecule has 2 rings (SSSR count). The van der Waals surface area contributed by atoms with Gasteiger partial charge in [0.15, 0.2) is 0 Å². The van der Waals surface area contributed by atoms with Gasteiger partial charge in [-0.3, -0.25) is 0 Å². The van der Waals surface area contributed by atoms with Gasteiger partial charge in [-0.2, -0.15) is 0 Å². The number of nitrogens with one attached hydrogen (secondary N) is 1. The Kier molecular flexibility index (Phi) is 3.24. The Morgan fingerprint density at radius 3 is 2.33 bits per heavy atom. The monoisotopic (exact) mass is 245 g/mol. The Labute approximate surface area is 109 Å². The zero-order chi connectivity index (χ0) is 13.5. The third-order valence-electron chi connectivity index (χ3n) is 3.37. The lowest BCUT2D eigenvalue weighted by Gasteiger charge is -2.19. The van der Waals surface area contributed by atoms with Crippen molar-refractivity contribution in [3.8, 4) is 0 Å². The molecule has 1 heterocycles. The molecule has 1 N–H and O–H groups in total. The van der Waals surface area contributed by atoms with Crippen LogP contribution in [0.2, 0.25) is 0 Å². The van der Waals surface area contributed by atoms with E-state index in [0.29, 0.717) is 0 Å². The van der Waals surface area contributed by atoms with Crippen LogP contribution in [0.15, 0.2) is 16.5 Å². The van der Waals surface area contributed by atoms with Gasteiger partial charge >= 0.3 is 0 Å². The van der Waals surface area contributed by atoms with Crippen molar-refractivity contribution in [1.82, 2.24) is 5.32 Å². The minimum absolute atomic E-state index is 0.110. The summed E-state index contributed by atoms with van der Waals surface area (Å²) >= 11 is 0. The first kappa shape index (κ1) is 13.2. The second-order valence-electron chi connectivity index (χ2n) is 6.19. The van der Waals surface area contributed by atoms with Crippen molar-refractivity contribution in [2.75, 3.05) is 0 Å². The quantitative estimate of drug-likeness (QED) is 0.855. The summed E-state index contributed by atoms with van der Waals surface area (Å²) in [5.41, 5.74) is 4.98. The van der Waals surface area contributed by atoms with E-state index in [1.807, 2.05) is 0 Å². The molecule has 0 saturated carbocycles. The van der Waals surface area contributed by atoms with Crippen molar-refractivity contribution in [2.24, 2.45) is 0 Å². The molecule has 2 nitrogen and oxygen atoms in total. The van der Waals surface area contributed by atoms with Crippen LogP contribution in [0.25, 0.3) is 11.0 Å². The highest BCUT2D eigenvalue weighted by Crippen LogP contribution is 2.28. The third-order valence-corrected chi connectivity index (χ3v) is 3.37. The number of hydrogen-bond acceptors (Lipinski definition) is 2. The molecule has 0 aliphatic carbocycles. The summed E-state index contributed by atoms with van der Waals surface area (Å²) in [5, 5.41) is 4.70. The van der Waals surface area contributed by atoms with Gasteiger partial charge in [-0.15, -0.1) is 0 Å². The molecule has 18 heavy (non-hydrogen) atoms. The van der Waals surface area contributed by atoms with Crippen molar-refractivity contribution in [2.45, 2.75) is 53.6 Å². The Morgan fingerprint density at radius 1 is 1.06 bits per heavy atom. The maximum Gasteiger partial charge on any atom is 0.137 e. The molecule has 0 amide bonds. The van der Waals surface area contributed by atoms with E-state index in [1.165, 1.54) is 22.1 Å². The molecule has 2 heteroatoms. The Balaban J connectivity index is 2.38. The first-order valence-electron chi connectivity index (χ1n) is 6.52. The molecule has 0 saturated heterocycles. The van der Waals surface area contributed by atoms with E-state index in [-0.39, 0.29) is 5.54 Å². The highest BCUT2D eigenvalue weighted by atomic mass is 16.3. The van der Waals surface area contributed by atoms with E-state index in [0.717, 1.165) is 17.9 Å². The van der Waals surface area contributed by atoms with Gasteiger partial charge in [-0.1, -0.05) is 6.07 Å². The minimum Gasteiger partial charge on any atom is -0.459 e. The Morgan fingerprint density at radius 2 is 1.72 bits per heavy atom. The molecule has 0 fully saturated rings. The molecule has 0 spiro atoms. The normalized spacial score (nSPS) is 12.3.